The first-order chi connectivity index (χ1) is 9.52. The molecule has 108 valence electrons. The predicted molar refractivity (Wildman–Crippen MR) is 67.0 cm³/mol. The third-order valence-electron chi connectivity index (χ3n) is 2.33. The van der Waals surface area contributed by atoms with Crippen LogP contribution >= 0.6 is 0 Å². The van der Waals surface area contributed by atoms with Gasteiger partial charge >= 0.3 is 11.9 Å². The molecular formula is C13H15NO6. The molecule has 0 radical (unpaired) electrons. The van der Waals surface area contributed by atoms with Crippen LogP contribution in [0.5, 0.6) is 5.75 Å². The molecule has 1 aromatic heterocycles. The zero-order chi connectivity index (χ0) is 15.1. The van der Waals surface area contributed by atoms with Crippen molar-refractivity contribution in [2.75, 3.05) is 13.2 Å². The summed E-state index contributed by atoms with van der Waals surface area (Å²) >= 11 is 0. The highest BCUT2D eigenvalue weighted by Gasteiger charge is 2.39. The van der Waals surface area contributed by atoms with Gasteiger partial charge in [-0.2, -0.15) is 0 Å². The third kappa shape index (κ3) is 3.53. The lowest BCUT2D eigenvalue weighted by atomic mass is 10.0. The van der Waals surface area contributed by atoms with Crippen molar-refractivity contribution in [1.82, 2.24) is 4.98 Å². The molecule has 0 aliphatic heterocycles. The Hall–Kier alpha value is -2.44. The van der Waals surface area contributed by atoms with E-state index < -0.39 is 29.4 Å². The van der Waals surface area contributed by atoms with Crippen LogP contribution in [0.3, 0.4) is 0 Å². The number of nitrogens with zero attached hydrogens (tertiary/aromatic N) is 1. The first-order valence-electron chi connectivity index (χ1n) is 6.04. The monoisotopic (exact) mass is 281 g/mol. The van der Waals surface area contributed by atoms with E-state index in [4.69, 9.17) is 0 Å². The summed E-state index contributed by atoms with van der Waals surface area (Å²) in [6, 6.07) is 2.64. The van der Waals surface area contributed by atoms with Gasteiger partial charge in [-0.3, -0.25) is 14.4 Å². The van der Waals surface area contributed by atoms with E-state index in [-0.39, 0.29) is 18.9 Å². The Kier molecular flexibility index (Phi) is 5.64. The molecule has 0 aromatic carbocycles. The van der Waals surface area contributed by atoms with Gasteiger partial charge in [0.1, 0.15) is 11.4 Å². The Morgan fingerprint density at radius 3 is 2.20 bits per heavy atom. The highest BCUT2D eigenvalue weighted by atomic mass is 16.6. The Labute approximate surface area is 115 Å². The molecule has 7 heteroatoms. The van der Waals surface area contributed by atoms with E-state index in [1.807, 2.05) is 0 Å². The number of pyridine rings is 1. The SMILES string of the molecule is CCOC(=O)C(C(=O)OCC)C(=O)c1ncccc1O. The molecule has 0 aliphatic carbocycles. The summed E-state index contributed by atoms with van der Waals surface area (Å²) in [6.07, 6.45) is 1.26. The molecule has 1 heterocycles. The summed E-state index contributed by atoms with van der Waals surface area (Å²) in [5, 5.41) is 9.57. The van der Waals surface area contributed by atoms with E-state index in [2.05, 4.69) is 14.5 Å². The van der Waals surface area contributed by atoms with Gasteiger partial charge in [0.05, 0.1) is 13.2 Å². The van der Waals surface area contributed by atoms with Crippen molar-refractivity contribution in [2.45, 2.75) is 13.8 Å². The zero-order valence-corrected chi connectivity index (χ0v) is 11.2. The summed E-state index contributed by atoms with van der Waals surface area (Å²) in [7, 11) is 0. The number of hydrogen-bond donors (Lipinski definition) is 1. The van der Waals surface area contributed by atoms with Crippen LogP contribution in [0.4, 0.5) is 0 Å². The molecule has 20 heavy (non-hydrogen) atoms. The van der Waals surface area contributed by atoms with Crippen molar-refractivity contribution >= 4 is 17.7 Å². The normalized spacial score (nSPS) is 10.2. The van der Waals surface area contributed by atoms with Crippen LogP contribution in [0.1, 0.15) is 24.3 Å². The lowest BCUT2D eigenvalue weighted by Gasteiger charge is -2.13. The summed E-state index contributed by atoms with van der Waals surface area (Å²) < 4.78 is 9.37. The standard InChI is InChI=1S/C13H15NO6/c1-3-19-12(17)9(13(18)20-4-2)11(16)10-8(15)6-5-7-14-10/h5-7,9,15H,3-4H2,1-2H3. The Bertz CT molecular complexity index is 495. The van der Waals surface area contributed by atoms with Crippen molar-refractivity contribution in [3.8, 4) is 5.75 Å². The second kappa shape index (κ2) is 7.22. The molecule has 0 spiro atoms. The van der Waals surface area contributed by atoms with Gasteiger partial charge in [-0.1, -0.05) is 0 Å². The first-order valence-corrected chi connectivity index (χ1v) is 6.04. The van der Waals surface area contributed by atoms with Crippen molar-refractivity contribution in [1.29, 1.82) is 0 Å². The number of carbonyl (C=O) groups is 3. The topological polar surface area (TPSA) is 103 Å². The smallest absolute Gasteiger partial charge is 0.328 e. The minimum Gasteiger partial charge on any atom is -0.506 e. The van der Waals surface area contributed by atoms with Crippen LogP contribution in [-0.4, -0.2) is 41.0 Å². The van der Waals surface area contributed by atoms with Gasteiger partial charge in [-0.25, -0.2) is 4.98 Å². The van der Waals surface area contributed by atoms with Gasteiger partial charge in [0.2, 0.25) is 11.7 Å². The van der Waals surface area contributed by atoms with Crippen LogP contribution < -0.4 is 0 Å². The van der Waals surface area contributed by atoms with Crippen molar-refractivity contribution in [3.63, 3.8) is 0 Å². The number of ether oxygens (including phenoxy) is 2. The van der Waals surface area contributed by atoms with E-state index in [1.54, 1.807) is 13.8 Å². The maximum atomic E-state index is 12.2. The molecule has 0 aliphatic rings. The molecule has 0 bridgehead atoms. The molecule has 0 fully saturated rings. The second-order valence-corrected chi connectivity index (χ2v) is 3.67. The van der Waals surface area contributed by atoms with E-state index in [0.29, 0.717) is 0 Å². The van der Waals surface area contributed by atoms with Crippen LogP contribution in [-0.2, 0) is 19.1 Å². The molecule has 0 atom stereocenters. The summed E-state index contributed by atoms with van der Waals surface area (Å²) in [5.74, 6) is -5.21. The summed E-state index contributed by atoms with van der Waals surface area (Å²) in [4.78, 5) is 39.3. The summed E-state index contributed by atoms with van der Waals surface area (Å²) in [6.45, 7) is 3.11. The molecule has 1 N–H and O–H groups in total. The quantitative estimate of drug-likeness (QED) is 0.465. The number of aromatic nitrogens is 1. The lowest BCUT2D eigenvalue weighted by molar-refractivity contribution is -0.158. The first kappa shape index (κ1) is 15.6. The molecule has 0 amide bonds. The van der Waals surface area contributed by atoms with Crippen LogP contribution in [0.25, 0.3) is 0 Å². The maximum Gasteiger partial charge on any atom is 0.328 e. The lowest BCUT2D eigenvalue weighted by Crippen LogP contribution is -2.35. The van der Waals surface area contributed by atoms with Crippen molar-refractivity contribution in [3.05, 3.63) is 24.0 Å². The molecule has 0 saturated heterocycles. The number of rotatable bonds is 6. The molecule has 0 unspecified atom stereocenters. The van der Waals surface area contributed by atoms with Crippen LogP contribution in [0, 0.1) is 5.92 Å². The Morgan fingerprint density at radius 2 is 1.75 bits per heavy atom. The third-order valence-corrected chi connectivity index (χ3v) is 2.33. The fraction of sp³-hybridized carbons (Fsp3) is 0.385. The highest BCUT2D eigenvalue weighted by molar-refractivity contribution is 6.20. The number of Topliss-reactive ketones (excluding diaryl/α,β-unsaturated/α-hetero) is 1. The average Bonchev–Trinajstić information content (AvgIpc) is 2.40. The molecule has 1 rings (SSSR count). The number of hydrogen-bond acceptors (Lipinski definition) is 7. The second-order valence-electron chi connectivity index (χ2n) is 3.67. The van der Waals surface area contributed by atoms with Gasteiger partial charge in [-0.05, 0) is 26.0 Å². The molecule has 1 aromatic rings. The van der Waals surface area contributed by atoms with E-state index in [1.165, 1.54) is 18.3 Å². The number of ketones is 1. The molecular weight excluding hydrogens is 266 g/mol. The minimum atomic E-state index is -1.78. The number of carbonyl (C=O) groups excluding carboxylic acids is 3. The predicted octanol–water partition coefficient (Wildman–Crippen LogP) is 0.712. The van der Waals surface area contributed by atoms with Crippen LogP contribution in [0.15, 0.2) is 18.3 Å². The fourth-order valence-electron chi connectivity index (χ4n) is 1.48. The average molecular weight is 281 g/mol. The fourth-order valence-corrected chi connectivity index (χ4v) is 1.48. The van der Waals surface area contributed by atoms with Gasteiger partial charge in [0, 0.05) is 6.20 Å². The van der Waals surface area contributed by atoms with Crippen molar-refractivity contribution in [2.24, 2.45) is 5.92 Å². The maximum absolute atomic E-state index is 12.2. The minimum absolute atomic E-state index is 0.0101. The van der Waals surface area contributed by atoms with Gasteiger partial charge in [0.15, 0.2) is 0 Å². The Morgan fingerprint density at radius 1 is 1.20 bits per heavy atom. The largest absolute Gasteiger partial charge is 0.506 e. The van der Waals surface area contributed by atoms with Gasteiger partial charge in [-0.15, -0.1) is 0 Å². The number of esters is 2. The van der Waals surface area contributed by atoms with Gasteiger partial charge < -0.3 is 14.6 Å². The highest BCUT2D eigenvalue weighted by Crippen LogP contribution is 2.19. The Balaban J connectivity index is 3.10. The number of aromatic hydroxyl groups is 1. The van der Waals surface area contributed by atoms with Crippen LogP contribution in [0.2, 0.25) is 0 Å². The van der Waals surface area contributed by atoms with Crippen molar-refractivity contribution < 1.29 is 29.0 Å². The summed E-state index contributed by atoms with van der Waals surface area (Å²) in [5.41, 5.74) is -0.376. The zero-order valence-electron chi connectivity index (χ0n) is 11.2. The molecule has 0 saturated carbocycles. The van der Waals surface area contributed by atoms with E-state index in [0.717, 1.165) is 0 Å². The van der Waals surface area contributed by atoms with E-state index in [9.17, 15) is 19.5 Å². The molecule has 7 nitrogen and oxygen atoms in total. The van der Waals surface area contributed by atoms with E-state index >= 15 is 0 Å². The van der Waals surface area contributed by atoms with Gasteiger partial charge in [0.25, 0.3) is 0 Å².